The van der Waals surface area contributed by atoms with Gasteiger partial charge in [-0.05, 0) is 54.6 Å². The molecule has 0 unspecified atom stereocenters. The van der Waals surface area contributed by atoms with E-state index >= 15 is 0 Å². The summed E-state index contributed by atoms with van der Waals surface area (Å²) in [6.45, 7) is 0. The summed E-state index contributed by atoms with van der Waals surface area (Å²) in [5, 5.41) is 6.22. The lowest BCUT2D eigenvalue weighted by atomic mass is 10.0. The smallest absolute Gasteiger partial charge is 0.238 e. The minimum Gasteiger partial charge on any atom is -0.496 e. The molecule has 4 aromatic rings. The highest BCUT2D eigenvalue weighted by molar-refractivity contribution is 7.89. The molecule has 4 rings (SSSR count). The summed E-state index contributed by atoms with van der Waals surface area (Å²) in [7, 11) is 1.33. The van der Waals surface area contributed by atoms with Gasteiger partial charge in [0.2, 0.25) is 10.0 Å². The van der Waals surface area contributed by atoms with Crippen LogP contribution in [0.5, 0.6) is 11.5 Å². The van der Waals surface area contributed by atoms with E-state index in [1.54, 1.807) is 26.4 Å². The van der Waals surface area contributed by atoms with Gasteiger partial charge in [-0.3, -0.25) is 4.79 Å². The van der Waals surface area contributed by atoms with Crippen LogP contribution in [0, 0.1) is 0 Å². The molecule has 0 radical (unpaired) electrons. The van der Waals surface area contributed by atoms with Gasteiger partial charge in [-0.25, -0.2) is 13.6 Å². The zero-order valence-corrected chi connectivity index (χ0v) is 19.8. The van der Waals surface area contributed by atoms with Crippen molar-refractivity contribution in [2.24, 2.45) is 12.2 Å². The number of methoxy groups -OCH3 is 2. The van der Waals surface area contributed by atoms with Crippen molar-refractivity contribution in [1.82, 2.24) is 4.57 Å². The number of aromatic nitrogens is 1. The minimum absolute atomic E-state index is 0.0514. The van der Waals surface area contributed by atoms with Crippen LogP contribution in [0.1, 0.15) is 15.9 Å². The van der Waals surface area contributed by atoms with Crippen LogP contribution in [-0.2, 0) is 17.1 Å². The molecular formula is C26H24N2O5S. The van der Waals surface area contributed by atoms with E-state index in [0.717, 1.165) is 22.2 Å². The quantitative estimate of drug-likeness (QED) is 0.315. The van der Waals surface area contributed by atoms with Crippen LogP contribution < -0.4 is 14.6 Å². The molecule has 2 N–H and O–H groups in total. The number of carbonyl (C=O) groups is 1. The second-order valence-corrected chi connectivity index (χ2v) is 9.27. The highest BCUT2D eigenvalue weighted by atomic mass is 32.2. The maximum absolute atomic E-state index is 12.7. The van der Waals surface area contributed by atoms with Crippen LogP contribution >= 0.6 is 0 Å². The average Bonchev–Trinajstić information content (AvgIpc) is 3.17. The van der Waals surface area contributed by atoms with Gasteiger partial charge < -0.3 is 14.0 Å². The van der Waals surface area contributed by atoms with Gasteiger partial charge in [-0.15, -0.1) is 0 Å². The van der Waals surface area contributed by atoms with Gasteiger partial charge in [-0.1, -0.05) is 18.2 Å². The molecule has 0 saturated carbocycles. The van der Waals surface area contributed by atoms with Crippen LogP contribution in [0.25, 0.3) is 28.2 Å². The molecule has 0 saturated heterocycles. The highest BCUT2D eigenvalue weighted by Gasteiger charge is 2.16. The number of ether oxygens (including phenoxy) is 2. The molecule has 3 aromatic carbocycles. The number of allylic oxidation sites excluding steroid dienone is 1. The first-order valence-corrected chi connectivity index (χ1v) is 11.9. The summed E-state index contributed by atoms with van der Waals surface area (Å²) >= 11 is 0. The maximum Gasteiger partial charge on any atom is 0.238 e. The Labute approximate surface area is 198 Å². The van der Waals surface area contributed by atoms with Crippen molar-refractivity contribution in [3.05, 3.63) is 83.9 Å². The van der Waals surface area contributed by atoms with Gasteiger partial charge in [0.25, 0.3) is 0 Å². The number of fused-ring (bicyclic) bond motifs is 1. The molecule has 0 spiro atoms. The van der Waals surface area contributed by atoms with Crippen LogP contribution in [0.2, 0.25) is 0 Å². The maximum atomic E-state index is 12.7. The second kappa shape index (κ2) is 9.17. The van der Waals surface area contributed by atoms with E-state index in [1.165, 1.54) is 30.3 Å². The first kappa shape index (κ1) is 23.3. The number of para-hydroxylation sites is 1. The SMILES string of the molecule is COc1cc(OC)c(-c2cc3ccccc3n2C)cc1/C=C/C(=O)c1ccc(S(N)(=O)=O)cc1. The monoisotopic (exact) mass is 476 g/mol. The molecule has 174 valence electrons. The summed E-state index contributed by atoms with van der Waals surface area (Å²) in [4.78, 5) is 12.6. The molecule has 0 aliphatic heterocycles. The Balaban J connectivity index is 1.73. The topological polar surface area (TPSA) is 101 Å². The van der Waals surface area contributed by atoms with Gasteiger partial charge >= 0.3 is 0 Å². The lowest BCUT2D eigenvalue weighted by molar-refractivity contribution is 0.104. The normalized spacial score (nSPS) is 11.8. The van der Waals surface area contributed by atoms with Crippen molar-refractivity contribution >= 4 is 32.8 Å². The van der Waals surface area contributed by atoms with Crippen molar-refractivity contribution in [3.63, 3.8) is 0 Å². The zero-order chi connectivity index (χ0) is 24.5. The second-order valence-electron chi connectivity index (χ2n) is 7.71. The van der Waals surface area contributed by atoms with E-state index in [9.17, 15) is 13.2 Å². The van der Waals surface area contributed by atoms with Gasteiger partial charge in [0.15, 0.2) is 5.78 Å². The number of sulfonamides is 1. The molecule has 1 heterocycles. The third-order valence-corrected chi connectivity index (χ3v) is 6.59. The van der Waals surface area contributed by atoms with Gasteiger partial charge in [-0.2, -0.15) is 0 Å². The van der Waals surface area contributed by atoms with E-state index in [2.05, 4.69) is 22.8 Å². The molecule has 0 aliphatic rings. The predicted molar refractivity (Wildman–Crippen MR) is 133 cm³/mol. The zero-order valence-electron chi connectivity index (χ0n) is 19.0. The van der Waals surface area contributed by atoms with E-state index in [-0.39, 0.29) is 10.7 Å². The third kappa shape index (κ3) is 4.46. The molecule has 34 heavy (non-hydrogen) atoms. The molecule has 1 aromatic heterocycles. The summed E-state index contributed by atoms with van der Waals surface area (Å²) < 4.78 is 36.1. The first-order valence-electron chi connectivity index (χ1n) is 10.4. The molecule has 0 bridgehead atoms. The van der Waals surface area contributed by atoms with Crippen LogP contribution in [0.15, 0.2) is 77.7 Å². The fourth-order valence-corrected chi connectivity index (χ4v) is 4.39. The Kier molecular flexibility index (Phi) is 6.28. The lowest BCUT2D eigenvalue weighted by Gasteiger charge is -2.14. The molecule has 0 atom stereocenters. The molecule has 0 fully saturated rings. The van der Waals surface area contributed by atoms with Crippen molar-refractivity contribution in [2.45, 2.75) is 4.90 Å². The van der Waals surface area contributed by atoms with Crippen molar-refractivity contribution < 1.29 is 22.7 Å². The van der Waals surface area contributed by atoms with Crippen molar-refractivity contribution in [3.8, 4) is 22.8 Å². The Morgan fingerprint density at radius 1 is 0.941 bits per heavy atom. The van der Waals surface area contributed by atoms with Gasteiger partial charge in [0.1, 0.15) is 11.5 Å². The van der Waals surface area contributed by atoms with Crippen molar-refractivity contribution in [2.75, 3.05) is 14.2 Å². The standard InChI is InChI=1S/C26H24N2O5S/c1-28-22-7-5-4-6-18(22)15-23(28)21-14-19(25(32-2)16-26(21)33-3)10-13-24(29)17-8-11-20(12-9-17)34(27,30)31/h4-16H,1-3H3,(H2,27,30,31)/b13-10+. The number of nitrogens with zero attached hydrogens (tertiary/aromatic N) is 1. The number of nitrogens with two attached hydrogens (primary N) is 1. The molecule has 0 amide bonds. The third-order valence-electron chi connectivity index (χ3n) is 5.66. The Bertz CT molecular complexity index is 1520. The number of hydrogen-bond acceptors (Lipinski definition) is 5. The fourth-order valence-electron chi connectivity index (χ4n) is 3.87. The molecule has 7 nitrogen and oxygen atoms in total. The number of hydrogen-bond donors (Lipinski definition) is 1. The number of benzene rings is 3. The number of aryl methyl sites for hydroxylation is 1. The van der Waals surface area contributed by atoms with E-state index < -0.39 is 10.0 Å². The Hall–Kier alpha value is -3.88. The highest BCUT2D eigenvalue weighted by Crippen LogP contribution is 2.38. The Morgan fingerprint density at radius 3 is 2.24 bits per heavy atom. The average molecular weight is 477 g/mol. The number of ketones is 1. The van der Waals surface area contributed by atoms with E-state index in [1.807, 2.05) is 25.2 Å². The molecule has 0 aliphatic carbocycles. The van der Waals surface area contributed by atoms with Crippen LogP contribution in [-0.4, -0.2) is 33.0 Å². The largest absolute Gasteiger partial charge is 0.496 e. The predicted octanol–water partition coefficient (Wildman–Crippen LogP) is 4.41. The summed E-state index contributed by atoms with van der Waals surface area (Å²) in [5.74, 6) is 0.905. The van der Waals surface area contributed by atoms with E-state index in [4.69, 9.17) is 14.6 Å². The Morgan fingerprint density at radius 2 is 1.62 bits per heavy atom. The number of primary sulfonamides is 1. The fraction of sp³-hybridized carbons (Fsp3) is 0.115. The minimum atomic E-state index is -3.82. The summed E-state index contributed by atoms with van der Waals surface area (Å²) in [5.41, 5.74) is 3.93. The van der Waals surface area contributed by atoms with Gasteiger partial charge in [0, 0.05) is 40.7 Å². The number of rotatable bonds is 7. The van der Waals surface area contributed by atoms with Gasteiger partial charge in [0.05, 0.1) is 24.8 Å². The van der Waals surface area contributed by atoms with Crippen LogP contribution in [0.4, 0.5) is 0 Å². The van der Waals surface area contributed by atoms with Crippen LogP contribution in [0.3, 0.4) is 0 Å². The van der Waals surface area contributed by atoms with E-state index in [0.29, 0.717) is 22.6 Å². The lowest BCUT2D eigenvalue weighted by Crippen LogP contribution is -2.12. The molecule has 8 heteroatoms. The number of carbonyl (C=O) groups excluding carboxylic acids is 1. The summed E-state index contributed by atoms with van der Waals surface area (Å²) in [6, 6.07) is 19.4. The summed E-state index contributed by atoms with van der Waals surface area (Å²) in [6.07, 6.45) is 3.09. The van der Waals surface area contributed by atoms with Crippen molar-refractivity contribution in [1.29, 1.82) is 0 Å². The first-order chi connectivity index (χ1) is 16.2. The molecular weight excluding hydrogens is 452 g/mol.